The van der Waals surface area contributed by atoms with Crippen LogP contribution in [0, 0.1) is 4.77 Å². The molecule has 1 saturated heterocycles. The number of nitrogens with one attached hydrogen (secondary N) is 1. The van der Waals surface area contributed by atoms with Crippen LogP contribution in [0.15, 0.2) is 0 Å². The lowest BCUT2D eigenvalue weighted by atomic mass is 10.1. The molecule has 0 aliphatic carbocycles. The number of thioether (sulfide) groups is 1. The average molecular weight is 229 g/mol. The van der Waals surface area contributed by atoms with Crippen molar-refractivity contribution >= 4 is 24.0 Å². The third-order valence-electron chi connectivity index (χ3n) is 2.77. The van der Waals surface area contributed by atoms with Crippen molar-refractivity contribution in [2.24, 2.45) is 0 Å². The Balaban J connectivity index is 2.44. The Morgan fingerprint density at radius 2 is 2.50 bits per heavy atom. The van der Waals surface area contributed by atoms with Gasteiger partial charge in [0.15, 0.2) is 4.77 Å². The smallest absolute Gasteiger partial charge is 0.195 e. The minimum absolute atomic E-state index is 0.170. The molecule has 2 rings (SSSR count). The van der Waals surface area contributed by atoms with Crippen LogP contribution in [0.2, 0.25) is 0 Å². The van der Waals surface area contributed by atoms with Crippen molar-refractivity contribution in [1.29, 1.82) is 0 Å². The second kappa shape index (κ2) is 3.70. The molecule has 0 amide bonds. The normalized spacial score (nSPS) is 27.0. The van der Waals surface area contributed by atoms with Gasteiger partial charge in [-0.15, -0.1) is 11.8 Å². The Bertz CT molecular complexity index is 374. The Morgan fingerprint density at radius 1 is 1.71 bits per heavy atom. The van der Waals surface area contributed by atoms with Crippen LogP contribution in [0.4, 0.5) is 0 Å². The first kappa shape index (κ1) is 10.2. The SMILES string of the molecule is CCn1c(C2(C)CCCS2)n[nH]c1=S. The molecule has 5 heteroatoms. The van der Waals surface area contributed by atoms with Crippen molar-refractivity contribution in [2.45, 2.75) is 38.0 Å². The van der Waals surface area contributed by atoms with Crippen LogP contribution < -0.4 is 0 Å². The Labute approximate surface area is 93.3 Å². The van der Waals surface area contributed by atoms with E-state index in [1.54, 1.807) is 0 Å². The van der Waals surface area contributed by atoms with Crippen molar-refractivity contribution in [1.82, 2.24) is 14.8 Å². The van der Waals surface area contributed by atoms with Crippen LogP contribution in [0.25, 0.3) is 0 Å². The van der Waals surface area contributed by atoms with Gasteiger partial charge < -0.3 is 4.57 Å². The fourth-order valence-corrected chi connectivity index (χ4v) is 3.54. The molecule has 78 valence electrons. The van der Waals surface area contributed by atoms with Gasteiger partial charge in [0.1, 0.15) is 5.82 Å². The molecule has 0 spiro atoms. The van der Waals surface area contributed by atoms with Gasteiger partial charge >= 0.3 is 0 Å². The topological polar surface area (TPSA) is 33.6 Å². The van der Waals surface area contributed by atoms with Crippen LogP contribution in [-0.2, 0) is 11.3 Å². The maximum atomic E-state index is 5.19. The number of rotatable bonds is 2. The zero-order valence-corrected chi connectivity index (χ0v) is 10.2. The van der Waals surface area contributed by atoms with Gasteiger partial charge in [0, 0.05) is 6.54 Å². The van der Waals surface area contributed by atoms with E-state index in [-0.39, 0.29) is 4.75 Å². The summed E-state index contributed by atoms with van der Waals surface area (Å²) in [5.74, 6) is 2.35. The van der Waals surface area contributed by atoms with Gasteiger partial charge in [0.25, 0.3) is 0 Å². The molecule has 0 aromatic carbocycles. The molecular weight excluding hydrogens is 214 g/mol. The zero-order valence-electron chi connectivity index (χ0n) is 8.54. The summed E-state index contributed by atoms with van der Waals surface area (Å²) >= 11 is 7.18. The molecule has 1 aromatic rings. The fraction of sp³-hybridized carbons (Fsp3) is 0.778. The molecule has 3 nitrogen and oxygen atoms in total. The first-order chi connectivity index (χ1) is 6.67. The monoisotopic (exact) mass is 229 g/mol. The lowest BCUT2D eigenvalue weighted by Crippen LogP contribution is -2.19. The second-order valence-electron chi connectivity index (χ2n) is 3.78. The molecule has 2 heterocycles. The van der Waals surface area contributed by atoms with E-state index < -0.39 is 0 Å². The second-order valence-corrected chi connectivity index (χ2v) is 5.76. The highest BCUT2D eigenvalue weighted by molar-refractivity contribution is 8.00. The standard InChI is InChI=1S/C9H15N3S2/c1-3-12-7(10-11-8(12)13)9(2)5-4-6-14-9/h3-6H2,1-2H3,(H,11,13). The molecule has 1 atom stereocenters. The summed E-state index contributed by atoms with van der Waals surface area (Å²) in [7, 11) is 0. The fourth-order valence-electron chi connectivity index (χ4n) is 1.97. The largest absolute Gasteiger partial charge is 0.303 e. The van der Waals surface area contributed by atoms with E-state index in [1.807, 2.05) is 11.8 Å². The first-order valence-corrected chi connectivity index (χ1v) is 6.36. The number of nitrogens with zero attached hydrogens (tertiary/aromatic N) is 2. The molecule has 1 aromatic heterocycles. The highest BCUT2D eigenvalue weighted by atomic mass is 32.2. The Morgan fingerprint density at radius 3 is 3.07 bits per heavy atom. The van der Waals surface area contributed by atoms with Gasteiger partial charge in [-0.3, -0.25) is 5.10 Å². The van der Waals surface area contributed by atoms with Crippen LogP contribution in [0.3, 0.4) is 0 Å². The van der Waals surface area contributed by atoms with Gasteiger partial charge in [0.2, 0.25) is 0 Å². The van der Waals surface area contributed by atoms with E-state index in [4.69, 9.17) is 12.2 Å². The van der Waals surface area contributed by atoms with Gasteiger partial charge in [0.05, 0.1) is 4.75 Å². The van der Waals surface area contributed by atoms with Crippen LogP contribution in [0.5, 0.6) is 0 Å². The maximum Gasteiger partial charge on any atom is 0.195 e. The first-order valence-electron chi connectivity index (χ1n) is 4.97. The zero-order chi connectivity index (χ0) is 10.2. The van der Waals surface area contributed by atoms with Gasteiger partial charge in [-0.1, -0.05) is 0 Å². The highest BCUT2D eigenvalue weighted by Gasteiger charge is 2.35. The Kier molecular flexibility index (Phi) is 2.70. The summed E-state index contributed by atoms with van der Waals surface area (Å²) in [6.45, 7) is 5.28. The third kappa shape index (κ3) is 1.52. The van der Waals surface area contributed by atoms with E-state index in [2.05, 4.69) is 28.6 Å². The number of aromatic nitrogens is 3. The number of hydrogen-bond donors (Lipinski definition) is 1. The van der Waals surface area contributed by atoms with E-state index in [0.29, 0.717) is 0 Å². The molecule has 0 bridgehead atoms. The molecule has 1 aliphatic heterocycles. The molecular formula is C9H15N3S2. The van der Waals surface area contributed by atoms with E-state index in [0.717, 1.165) is 17.1 Å². The van der Waals surface area contributed by atoms with E-state index in [1.165, 1.54) is 18.6 Å². The van der Waals surface area contributed by atoms with Crippen molar-refractivity contribution in [2.75, 3.05) is 5.75 Å². The number of aromatic amines is 1. The predicted molar refractivity (Wildman–Crippen MR) is 62.1 cm³/mol. The predicted octanol–water partition coefficient (Wildman–Crippen LogP) is 2.70. The van der Waals surface area contributed by atoms with E-state index >= 15 is 0 Å². The average Bonchev–Trinajstić information content (AvgIpc) is 2.73. The van der Waals surface area contributed by atoms with Gasteiger partial charge in [-0.25, -0.2) is 0 Å². The lowest BCUT2D eigenvalue weighted by molar-refractivity contribution is 0.555. The Hall–Kier alpha value is -0.290. The summed E-state index contributed by atoms with van der Waals surface area (Å²) in [5.41, 5.74) is 0. The van der Waals surface area contributed by atoms with E-state index in [9.17, 15) is 0 Å². The molecule has 0 radical (unpaired) electrons. The van der Waals surface area contributed by atoms with Crippen LogP contribution >= 0.6 is 24.0 Å². The molecule has 1 N–H and O–H groups in total. The summed E-state index contributed by atoms with van der Waals surface area (Å²) in [5, 5.41) is 7.26. The molecule has 14 heavy (non-hydrogen) atoms. The van der Waals surface area contributed by atoms with Crippen LogP contribution in [-0.4, -0.2) is 20.5 Å². The summed E-state index contributed by atoms with van der Waals surface area (Å²) in [6.07, 6.45) is 2.49. The van der Waals surface area contributed by atoms with Crippen molar-refractivity contribution in [3.8, 4) is 0 Å². The van der Waals surface area contributed by atoms with Crippen LogP contribution in [0.1, 0.15) is 32.5 Å². The van der Waals surface area contributed by atoms with Gasteiger partial charge in [-0.05, 0) is 44.7 Å². The summed E-state index contributed by atoms with van der Waals surface area (Å²) < 4.78 is 3.02. The van der Waals surface area contributed by atoms with Crippen molar-refractivity contribution in [3.63, 3.8) is 0 Å². The number of H-pyrrole nitrogens is 1. The summed E-state index contributed by atoms with van der Waals surface area (Å²) in [4.78, 5) is 0. The van der Waals surface area contributed by atoms with Crippen molar-refractivity contribution < 1.29 is 0 Å². The molecule has 1 aliphatic rings. The lowest BCUT2D eigenvalue weighted by Gasteiger charge is -2.21. The van der Waals surface area contributed by atoms with Crippen molar-refractivity contribution in [3.05, 3.63) is 10.6 Å². The molecule has 1 unspecified atom stereocenters. The minimum Gasteiger partial charge on any atom is -0.303 e. The maximum absolute atomic E-state index is 5.19. The number of hydrogen-bond acceptors (Lipinski definition) is 3. The third-order valence-corrected chi connectivity index (χ3v) is 4.59. The minimum atomic E-state index is 0.170. The summed E-state index contributed by atoms with van der Waals surface area (Å²) in [6, 6.07) is 0. The molecule has 0 saturated carbocycles. The molecule has 1 fully saturated rings. The quantitative estimate of drug-likeness (QED) is 0.792. The van der Waals surface area contributed by atoms with Gasteiger partial charge in [-0.2, -0.15) is 5.10 Å². The highest BCUT2D eigenvalue weighted by Crippen LogP contribution is 2.45.